The molecule has 34 heavy (non-hydrogen) atoms. The number of hydrogen-bond donors (Lipinski definition) is 1. The maximum absolute atomic E-state index is 13.3. The lowest BCUT2D eigenvalue weighted by Crippen LogP contribution is -2.32. The first-order valence-electron chi connectivity index (χ1n) is 10.0. The van der Waals surface area contributed by atoms with E-state index in [1.54, 1.807) is 6.92 Å². The summed E-state index contributed by atoms with van der Waals surface area (Å²) in [5.41, 5.74) is -1.11. The molecule has 0 aliphatic carbocycles. The van der Waals surface area contributed by atoms with E-state index >= 15 is 0 Å². The van der Waals surface area contributed by atoms with E-state index in [-0.39, 0.29) is 35.7 Å². The molecule has 1 aromatic heterocycles. The lowest BCUT2D eigenvalue weighted by atomic mass is 10.2. The van der Waals surface area contributed by atoms with E-state index in [4.69, 9.17) is 4.52 Å². The number of hydrogen-bond acceptors (Lipinski definition) is 6. The Morgan fingerprint density at radius 1 is 1.21 bits per heavy atom. The smallest absolute Gasteiger partial charge is 0.352 e. The Morgan fingerprint density at radius 2 is 1.94 bits per heavy atom. The van der Waals surface area contributed by atoms with E-state index in [9.17, 15) is 26.4 Å². The van der Waals surface area contributed by atoms with E-state index in [0.717, 1.165) is 28.6 Å². The van der Waals surface area contributed by atoms with Crippen LogP contribution in [0.15, 0.2) is 70.6 Å². The van der Waals surface area contributed by atoms with Gasteiger partial charge < -0.3 is 9.84 Å². The highest BCUT2D eigenvalue weighted by molar-refractivity contribution is 7.92. The minimum absolute atomic E-state index is 0.0605. The minimum atomic E-state index is -4.64. The molecule has 0 saturated heterocycles. The van der Waals surface area contributed by atoms with Gasteiger partial charge >= 0.3 is 6.18 Å². The maximum Gasteiger partial charge on any atom is 0.416 e. The van der Waals surface area contributed by atoms with Gasteiger partial charge in [0, 0.05) is 18.5 Å². The highest BCUT2D eigenvalue weighted by Gasteiger charge is 2.32. The molecular weight excluding hydrogens is 473 g/mol. The van der Waals surface area contributed by atoms with E-state index < -0.39 is 27.7 Å². The van der Waals surface area contributed by atoms with Crippen molar-refractivity contribution >= 4 is 21.6 Å². The van der Waals surface area contributed by atoms with Gasteiger partial charge in [0.15, 0.2) is 5.82 Å². The molecule has 0 radical (unpaired) electrons. The summed E-state index contributed by atoms with van der Waals surface area (Å²) in [6.07, 6.45) is -3.10. The summed E-state index contributed by atoms with van der Waals surface area (Å²) < 4.78 is 71.8. The Morgan fingerprint density at radius 3 is 2.59 bits per heavy atom. The van der Waals surface area contributed by atoms with Gasteiger partial charge in [-0.15, -0.1) is 6.58 Å². The molecule has 8 nitrogen and oxygen atoms in total. The van der Waals surface area contributed by atoms with Gasteiger partial charge in [-0.05, 0) is 43.3 Å². The number of sulfonamides is 1. The molecule has 180 valence electrons. The number of carbonyl (C=O) groups excluding carboxylic acids is 1. The number of nitrogens with one attached hydrogen (secondary N) is 1. The zero-order chi connectivity index (χ0) is 24.9. The van der Waals surface area contributed by atoms with Gasteiger partial charge in [-0.2, -0.15) is 18.2 Å². The summed E-state index contributed by atoms with van der Waals surface area (Å²) in [5, 5.41) is 6.28. The van der Waals surface area contributed by atoms with E-state index in [0.29, 0.717) is 11.7 Å². The van der Waals surface area contributed by atoms with Gasteiger partial charge in [0.25, 0.3) is 15.9 Å². The van der Waals surface area contributed by atoms with Gasteiger partial charge in [-0.3, -0.25) is 9.10 Å². The predicted molar refractivity (Wildman–Crippen MR) is 118 cm³/mol. The number of carbonyl (C=O) groups is 1. The van der Waals surface area contributed by atoms with Crippen LogP contribution in [0.4, 0.5) is 18.9 Å². The van der Waals surface area contributed by atoms with Gasteiger partial charge in [0.2, 0.25) is 5.89 Å². The van der Waals surface area contributed by atoms with Crippen molar-refractivity contribution in [3.8, 4) is 0 Å². The molecule has 1 N–H and O–H groups in total. The van der Waals surface area contributed by atoms with Crippen molar-refractivity contribution in [1.29, 1.82) is 0 Å². The van der Waals surface area contributed by atoms with Crippen molar-refractivity contribution in [3.05, 3.63) is 84.0 Å². The molecule has 3 aromatic rings. The fourth-order valence-corrected chi connectivity index (χ4v) is 4.52. The van der Waals surface area contributed by atoms with Crippen molar-refractivity contribution in [3.63, 3.8) is 0 Å². The summed E-state index contributed by atoms with van der Waals surface area (Å²) in [7, 11) is -4.31. The number of benzene rings is 2. The van der Waals surface area contributed by atoms with Crippen LogP contribution in [-0.4, -0.2) is 37.6 Å². The van der Waals surface area contributed by atoms with E-state index in [1.165, 1.54) is 30.3 Å². The summed E-state index contributed by atoms with van der Waals surface area (Å²) in [5.74, 6) is 0.266. The lowest BCUT2D eigenvalue weighted by Gasteiger charge is -2.24. The number of nitrogens with zero attached hydrogens (tertiary/aromatic N) is 3. The quantitative estimate of drug-likeness (QED) is 0.454. The number of rotatable bonds is 9. The average molecular weight is 494 g/mol. The minimum Gasteiger partial charge on any atom is -0.352 e. The van der Waals surface area contributed by atoms with E-state index in [2.05, 4.69) is 22.0 Å². The first kappa shape index (κ1) is 25.0. The number of alkyl halides is 3. The van der Waals surface area contributed by atoms with Crippen molar-refractivity contribution in [2.75, 3.05) is 17.4 Å². The van der Waals surface area contributed by atoms with Crippen LogP contribution in [0.3, 0.4) is 0 Å². The molecule has 2 aromatic carbocycles. The van der Waals surface area contributed by atoms with Gasteiger partial charge in [-0.1, -0.05) is 23.4 Å². The summed E-state index contributed by atoms with van der Waals surface area (Å²) in [6, 6.07) is 9.20. The predicted octanol–water partition coefficient (Wildman–Crippen LogP) is 3.75. The Labute approximate surface area is 194 Å². The van der Waals surface area contributed by atoms with Gasteiger partial charge in [0.05, 0.1) is 22.7 Å². The molecule has 0 bridgehead atoms. The third-order valence-electron chi connectivity index (χ3n) is 4.63. The standard InChI is InChI=1S/C22H21F3N4O4S/c1-3-12-29(18-8-5-7-17(14-18)22(23,24)25)34(31,32)19-9-4-6-16(13-19)21(30)26-11-10-20-27-15(2)28-33-20/h3-9,13-14H,1,10-12H2,2H3,(H,26,30). The average Bonchev–Trinajstić information content (AvgIpc) is 3.21. The SMILES string of the molecule is C=CCN(c1cccc(C(F)(F)F)c1)S(=O)(=O)c1cccc(C(=O)NCCc2nc(C)no2)c1. The molecule has 0 saturated carbocycles. The second kappa shape index (κ2) is 10.1. The first-order chi connectivity index (χ1) is 16.0. The first-order valence-corrected chi connectivity index (χ1v) is 11.4. The molecule has 12 heteroatoms. The Kier molecular flexibility index (Phi) is 7.40. The van der Waals surface area contributed by atoms with Crippen molar-refractivity contribution in [2.45, 2.75) is 24.4 Å². The van der Waals surface area contributed by atoms with Crippen LogP contribution in [-0.2, 0) is 22.6 Å². The highest BCUT2D eigenvalue weighted by atomic mass is 32.2. The summed E-state index contributed by atoms with van der Waals surface area (Å²) in [6.45, 7) is 5.06. The fraction of sp³-hybridized carbons (Fsp3) is 0.227. The Hall–Kier alpha value is -3.67. The number of amides is 1. The summed E-state index contributed by atoms with van der Waals surface area (Å²) in [4.78, 5) is 16.3. The lowest BCUT2D eigenvalue weighted by molar-refractivity contribution is -0.137. The Balaban J connectivity index is 1.83. The molecule has 3 rings (SSSR count). The normalized spacial score (nSPS) is 11.8. The number of anilines is 1. The second-order valence-electron chi connectivity index (χ2n) is 7.14. The van der Waals surface area contributed by atoms with Crippen LogP contribution in [0.2, 0.25) is 0 Å². The largest absolute Gasteiger partial charge is 0.416 e. The second-order valence-corrected chi connectivity index (χ2v) is 9.00. The van der Waals surface area contributed by atoms with Crippen LogP contribution >= 0.6 is 0 Å². The zero-order valence-corrected chi connectivity index (χ0v) is 18.9. The van der Waals surface area contributed by atoms with Crippen LogP contribution in [0.1, 0.15) is 27.6 Å². The van der Waals surface area contributed by atoms with Crippen LogP contribution < -0.4 is 9.62 Å². The van der Waals surface area contributed by atoms with Crippen LogP contribution in [0, 0.1) is 6.92 Å². The molecule has 0 unspecified atom stereocenters. The number of halogens is 3. The number of aromatic nitrogens is 2. The summed E-state index contributed by atoms with van der Waals surface area (Å²) >= 11 is 0. The van der Waals surface area contributed by atoms with Crippen molar-refractivity contribution < 1.29 is 30.9 Å². The van der Waals surface area contributed by atoms with Crippen molar-refractivity contribution in [2.24, 2.45) is 0 Å². The molecule has 0 atom stereocenters. The molecule has 1 amide bonds. The monoisotopic (exact) mass is 494 g/mol. The van der Waals surface area contributed by atoms with Crippen LogP contribution in [0.5, 0.6) is 0 Å². The topological polar surface area (TPSA) is 105 Å². The Bertz CT molecular complexity index is 1290. The maximum atomic E-state index is 13.3. The van der Waals surface area contributed by atoms with Crippen molar-refractivity contribution in [1.82, 2.24) is 15.5 Å². The molecule has 1 heterocycles. The highest BCUT2D eigenvalue weighted by Crippen LogP contribution is 2.33. The molecule has 0 aliphatic heterocycles. The molecule has 0 fully saturated rings. The van der Waals surface area contributed by atoms with Crippen LogP contribution in [0.25, 0.3) is 0 Å². The van der Waals surface area contributed by atoms with Gasteiger partial charge in [-0.25, -0.2) is 8.42 Å². The molecule has 0 spiro atoms. The third kappa shape index (κ3) is 5.81. The number of aryl methyl sites for hydroxylation is 1. The van der Waals surface area contributed by atoms with Gasteiger partial charge in [0.1, 0.15) is 0 Å². The third-order valence-corrected chi connectivity index (χ3v) is 6.42. The molecular formula is C22H21F3N4O4S. The molecule has 0 aliphatic rings. The zero-order valence-electron chi connectivity index (χ0n) is 18.0. The van der Waals surface area contributed by atoms with E-state index in [1.807, 2.05) is 0 Å². The fourth-order valence-electron chi connectivity index (χ4n) is 3.05.